The van der Waals surface area contributed by atoms with Crippen LogP contribution in [0.25, 0.3) is 10.9 Å². The third-order valence-electron chi connectivity index (χ3n) is 4.87. The lowest BCUT2D eigenvalue weighted by Gasteiger charge is -2.24. The molecule has 2 N–H and O–H groups in total. The fraction of sp³-hybridized carbons (Fsp3) is 0.286. The standard InChI is InChI=1S/C21H21ClN2O3/c22-18-7-3-1-5-14(18)16(12-24-21(25)20-13-26-9-10-27-20)17-11-23-19-8-4-2-6-15(17)19/h1-8,11,16,20,23H,9-10,12-13H2,(H,24,25)/t16-,20-/m1/s1. The van der Waals surface area contributed by atoms with Gasteiger partial charge < -0.3 is 19.8 Å². The van der Waals surface area contributed by atoms with Crippen LogP contribution in [0.2, 0.25) is 5.02 Å². The number of aromatic nitrogens is 1. The van der Waals surface area contributed by atoms with Gasteiger partial charge in [0.05, 0.1) is 19.8 Å². The van der Waals surface area contributed by atoms with Crippen molar-refractivity contribution in [1.82, 2.24) is 10.3 Å². The number of ether oxygens (including phenoxy) is 2. The number of amides is 1. The number of para-hydroxylation sites is 1. The van der Waals surface area contributed by atoms with Gasteiger partial charge in [-0.2, -0.15) is 0 Å². The van der Waals surface area contributed by atoms with Gasteiger partial charge >= 0.3 is 0 Å². The van der Waals surface area contributed by atoms with Crippen LogP contribution in [-0.4, -0.2) is 43.4 Å². The predicted molar refractivity (Wildman–Crippen MR) is 105 cm³/mol. The zero-order chi connectivity index (χ0) is 18.6. The lowest BCUT2D eigenvalue weighted by atomic mass is 9.90. The summed E-state index contributed by atoms with van der Waals surface area (Å²) in [5, 5.41) is 4.81. The largest absolute Gasteiger partial charge is 0.376 e. The summed E-state index contributed by atoms with van der Waals surface area (Å²) < 4.78 is 10.8. The van der Waals surface area contributed by atoms with Gasteiger partial charge in [0.15, 0.2) is 6.10 Å². The molecule has 1 saturated heterocycles. The SMILES string of the molecule is O=C(NC[C@H](c1ccccc1Cl)c1c[nH]c2ccccc12)[C@H]1COCCO1. The molecular weight excluding hydrogens is 364 g/mol. The number of fused-ring (bicyclic) bond motifs is 1. The highest BCUT2D eigenvalue weighted by Gasteiger charge is 2.25. The van der Waals surface area contributed by atoms with E-state index < -0.39 is 6.10 Å². The van der Waals surface area contributed by atoms with Crippen LogP contribution in [0.4, 0.5) is 0 Å². The molecule has 1 aliphatic rings. The number of aromatic amines is 1. The number of carbonyl (C=O) groups excluding carboxylic acids is 1. The van der Waals surface area contributed by atoms with Gasteiger partial charge in [-0.15, -0.1) is 0 Å². The highest BCUT2D eigenvalue weighted by atomic mass is 35.5. The third-order valence-corrected chi connectivity index (χ3v) is 5.21. The van der Waals surface area contributed by atoms with E-state index in [1.54, 1.807) is 0 Å². The molecule has 140 valence electrons. The van der Waals surface area contributed by atoms with Crippen molar-refractivity contribution in [2.75, 3.05) is 26.4 Å². The molecule has 2 aromatic carbocycles. The Morgan fingerprint density at radius 1 is 1.15 bits per heavy atom. The Hall–Kier alpha value is -2.34. The number of H-pyrrole nitrogens is 1. The van der Waals surface area contributed by atoms with Crippen LogP contribution in [0.3, 0.4) is 0 Å². The normalized spacial score (nSPS) is 18.3. The fourth-order valence-electron chi connectivity index (χ4n) is 3.48. The zero-order valence-corrected chi connectivity index (χ0v) is 15.5. The fourth-order valence-corrected chi connectivity index (χ4v) is 3.75. The van der Waals surface area contributed by atoms with E-state index in [4.69, 9.17) is 21.1 Å². The van der Waals surface area contributed by atoms with Gasteiger partial charge in [0.1, 0.15) is 0 Å². The lowest BCUT2D eigenvalue weighted by Crippen LogP contribution is -2.44. The highest BCUT2D eigenvalue weighted by molar-refractivity contribution is 6.31. The number of hydrogen-bond donors (Lipinski definition) is 2. The van der Waals surface area contributed by atoms with Crippen molar-refractivity contribution >= 4 is 28.4 Å². The molecule has 0 saturated carbocycles. The maximum absolute atomic E-state index is 12.5. The number of nitrogens with one attached hydrogen (secondary N) is 2. The second-order valence-electron chi connectivity index (χ2n) is 6.54. The molecule has 1 amide bonds. The van der Waals surface area contributed by atoms with E-state index >= 15 is 0 Å². The lowest BCUT2D eigenvalue weighted by molar-refractivity contribution is -0.147. The minimum absolute atomic E-state index is 0.0803. The molecule has 0 bridgehead atoms. The van der Waals surface area contributed by atoms with Gasteiger partial charge in [0.25, 0.3) is 5.91 Å². The van der Waals surface area contributed by atoms with E-state index in [-0.39, 0.29) is 18.4 Å². The Morgan fingerprint density at radius 3 is 2.78 bits per heavy atom. The summed E-state index contributed by atoms with van der Waals surface area (Å²) in [4.78, 5) is 15.8. The second-order valence-corrected chi connectivity index (χ2v) is 6.95. The molecule has 27 heavy (non-hydrogen) atoms. The van der Waals surface area contributed by atoms with E-state index in [0.29, 0.717) is 24.8 Å². The molecule has 5 nitrogen and oxygen atoms in total. The Kier molecular flexibility index (Phi) is 5.43. The minimum Gasteiger partial charge on any atom is -0.376 e. The van der Waals surface area contributed by atoms with Gasteiger partial charge in [-0.25, -0.2) is 0 Å². The average molecular weight is 385 g/mol. The van der Waals surface area contributed by atoms with Gasteiger partial charge in [-0.1, -0.05) is 48.0 Å². The third kappa shape index (κ3) is 3.86. The summed E-state index contributed by atoms with van der Waals surface area (Å²) in [6.45, 7) is 1.68. The first kappa shape index (κ1) is 18.0. The first-order chi connectivity index (χ1) is 13.2. The number of hydrogen-bond acceptors (Lipinski definition) is 3. The van der Waals surface area contributed by atoms with Crippen molar-refractivity contribution in [1.29, 1.82) is 0 Å². The molecule has 1 aromatic heterocycles. The molecule has 2 heterocycles. The molecule has 0 radical (unpaired) electrons. The first-order valence-corrected chi connectivity index (χ1v) is 9.39. The van der Waals surface area contributed by atoms with Crippen LogP contribution in [0.1, 0.15) is 17.0 Å². The Morgan fingerprint density at radius 2 is 1.96 bits per heavy atom. The van der Waals surface area contributed by atoms with Crippen molar-refractivity contribution in [3.63, 3.8) is 0 Å². The maximum Gasteiger partial charge on any atom is 0.251 e. The number of halogens is 1. The van der Waals surface area contributed by atoms with Crippen LogP contribution in [0.5, 0.6) is 0 Å². The quantitative estimate of drug-likeness (QED) is 0.707. The van der Waals surface area contributed by atoms with Crippen molar-refractivity contribution in [2.24, 2.45) is 0 Å². The van der Waals surface area contributed by atoms with Gasteiger partial charge in [-0.05, 0) is 23.3 Å². The van der Waals surface area contributed by atoms with Crippen molar-refractivity contribution in [3.05, 3.63) is 70.9 Å². The molecule has 1 fully saturated rings. The maximum atomic E-state index is 12.5. The number of carbonyl (C=O) groups is 1. The smallest absolute Gasteiger partial charge is 0.251 e. The van der Waals surface area contributed by atoms with Crippen LogP contribution in [-0.2, 0) is 14.3 Å². The molecule has 0 aliphatic carbocycles. The summed E-state index contributed by atoms with van der Waals surface area (Å²) in [6, 6.07) is 15.9. The zero-order valence-electron chi connectivity index (χ0n) is 14.8. The van der Waals surface area contributed by atoms with E-state index in [0.717, 1.165) is 22.0 Å². The molecule has 0 spiro atoms. The molecule has 2 atom stereocenters. The topological polar surface area (TPSA) is 63.4 Å². The van der Waals surface area contributed by atoms with Crippen LogP contribution in [0, 0.1) is 0 Å². The molecular formula is C21H21ClN2O3. The molecule has 1 aliphatic heterocycles. The second kappa shape index (κ2) is 8.13. The Balaban J connectivity index is 1.62. The van der Waals surface area contributed by atoms with Crippen molar-refractivity contribution in [2.45, 2.75) is 12.0 Å². The predicted octanol–water partition coefficient (Wildman–Crippen LogP) is 3.48. The summed E-state index contributed by atoms with van der Waals surface area (Å²) in [6.07, 6.45) is 1.43. The monoisotopic (exact) mass is 384 g/mol. The summed E-state index contributed by atoms with van der Waals surface area (Å²) in [5.41, 5.74) is 3.13. The van der Waals surface area contributed by atoms with Crippen molar-refractivity contribution in [3.8, 4) is 0 Å². The molecule has 3 aromatic rings. The first-order valence-electron chi connectivity index (χ1n) is 9.01. The Bertz CT molecular complexity index is 934. The number of rotatable bonds is 5. The van der Waals surface area contributed by atoms with Crippen LogP contribution < -0.4 is 5.32 Å². The minimum atomic E-state index is -0.561. The summed E-state index contributed by atoms with van der Waals surface area (Å²) >= 11 is 6.48. The molecule has 6 heteroatoms. The van der Waals surface area contributed by atoms with E-state index in [1.807, 2.05) is 48.7 Å². The van der Waals surface area contributed by atoms with Crippen LogP contribution in [0.15, 0.2) is 54.7 Å². The van der Waals surface area contributed by atoms with Gasteiger partial charge in [0, 0.05) is 34.6 Å². The molecule has 4 rings (SSSR count). The number of benzene rings is 2. The summed E-state index contributed by atoms with van der Waals surface area (Å²) in [7, 11) is 0. The van der Waals surface area contributed by atoms with Gasteiger partial charge in [0.2, 0.25) is 0 Å². The van der Waals surface area contributed by atoms with E-state index in [1.165, 1.54) is 0 Å². The van der Waals surface area contributed by atoms with E-state index in [2.05, 4.69) is 16.4 Å². The highest BCUT2D eigenvalue weighted by Crippen LogP contribution is 2.34. The average Bonchev–Trinajstić information content (AvgIpc) is 3.14. The van der Waals surface area contributed by atoms with Crippen LogP contribution >= 0.6 is 11.6 Å². The Labute approximate surface area is 162 Å². The molecule has 0 unspecified atom stereocenters. The summed E-state index contributed by atoms with van der Waals surface area (Å²) in [5.74, 6) is -0.241. The van der Waals surface area contributed by atoms with Crippen molar-refractivity contribution < 1.29 is 14.3 Å². The van der Waals surface area contributed by atoms with Gasteiger partial charge in [-0.3, -0.25) is 4.79 Å². The van der Waals surface area contributed by atoms with E-state index in [9.17, 15) is 4.79 Å².